The molecule has 0 radical (unpaired) electrons. The van der Waals surface area contributed by atoms with Crippen LogP contribution in [0.5, 0.6) is 0 Å². The van der Waals surface area contributed by atoms with Crippen molar-refractivity contribution < 1.29 is 9.21 Å². The molecule has 1 atom stereocenters. The highest BCUT2D eigenvalue weighted by atomic mass is 16.3. The van der Waals surface area contributed by atoms with Crippen LogP contribution in [-0.4, -0.2) is 45.9 Å². The number of likely N-dealkylation sites (tertiary alicyclic amines) is 1. The fraction of sp³-hybridized carbons (Fsp3) is 0.500. The van der Waals surface area contributed by atoms with Crippen molar-refractivity contribution in [2.75, 3.05) is 24.5 Å². The summed E-state index contributed by atoms with van der Waals surface area (Å²) in [6.07, 6.45) is 13.6. The van der Waals surface area contributed by atoms with Crippen LogP contribution in [0.3, 0.4) is 0 Å². The SMILES string of the molecule is O=C(c1ccoc1)N1CCC[C@@]12CCCN(c1cnccn1)CC2. The van der Waals surface area contributed by atoms with Gasteiger partial charge >= 0.3 is 0 Å². The molecule has 4 rings (SSSR count). The lowest BCUT2D eigenvalue weighted by atomic mass is 9.87. The number of furan rings is 1. The Kier molecular flexibility index (Phi) is 3.96. The van der Waals surface area contributed by atoms with Gasteiger partial charge in [-0.2, -0.15) is 0 Å². The Hall–Kier alpha value is -2.37. The fourth-order valence-electron chi connectivity index (χ4n) is 4.18. The molecule has 0 bridgehead atoms. The Balaban J connectivity index is 1.53. The maximum absolute atomic E-state index is 12.9. The second-order valence-electron chi connectivity index (χ2n) is 6.70. The van der Waals surface area contributed by atoms with Gasteiger partial charge in [-0.1, -0.05) is 0 Å². The summed E-state index contributed by atoms with van der Waals surface area (Å²) >= 11 is 0. The van der Waals surface area contributed by atoms with Crippen molar-refractivity contribution in [3.8, 4) is 0 Å². The molecule has 0 aliphatic carbocycles. The molecule has 2 fully saturated rings. The first-order valence-electron chi connectivity index (χ1n) is 8.64. The lowest BCUT2D eigenvalue weighted by molar-refractivity contribution is 0.0565. The second kappa shape index (κ2) is 6.26. The van der Waals surface area contributed by atoms with Crippen molar-refractivity contribution >= 4 is 11.7 Å². The van der Waals surface area contributed by atoms with Crippen molar-refractivity contribution in [2.45, 2.75) is 37.6 Å². The molecule has 6 heteroatoms. The third kappa shape index (κ3) is 2.66. The van der Waals surface area contributed by atoms with Crippen LogP contribution < -0.4 is 4.90 Å². The van der Waals surface area contributed by atoms with Gasteiger partial charge in [0, 0.05) is 37.6 Å². The third-order valence-electron chi connectivity index (χ3n) is 5.40. The van der Waals surface area contributed by atoms with Crippen LogP contribution in [0.25, 0.3) is 0 Å². The molecule has 6 nitrogen and oxygen atoms in total. The van der Waals surface area contributed by atoms with Crippen molar-refractivity contribution in [3.63, 3.8) is 0 Å². The van der Waals surface area contributed by atoms with E-state index < -0.39 is 0 Å². The molecular formula is C18H22N4O2. The molecule has 0 unspecified atom stereocenters. The minimum atomic E-state index is -0.0225. The summed E-state index contributed by atoms with van der Waals surface area (Å²) < 4.78 is 5.10. The zero-order chi connectivity index (χ0) is 16.4. The van der Waals surface area contributed by atoms with Gasteiger partial charge in [0.2, 0.25) is 0 Å². The standard InChI is InChI=1S/C18H22N4O2/c23-17(15-3-12-24-14-15)22-10-2-5-18(22)4-1-9-21(11-6-18)16-13-19-7-8-20-16/h3,7-8,12-14H,1-2,4-6,9-11H2/t18-/m1/s1. The van der Waals surface area contributed by atoms with Gasteiger partial charge in [-0.15, -0.1) is 0 Å². The molecule has 2 aromatic rings. The van der Waals surface area contributed by atoms with E-state index in [2.05, 4.69) is 19.8 Å². The predicted octanol–water partition coefficient (Wildman–Crippen LogP) is 2.73. The second-order valence-corrected chi connectivity index (χ2v) is 6.70. The van der Waals surface area contributed by atoms with E-state index in [9.17, 15) is 4.79 Å². The summed E-state index contributed by atoms with van der Waals surface area (Å²) in [7, 11) is 0. The number of rotatable bonds is 2. The first-order chi connectivity index (χ1) is 11.8. The molecule has 0 saturated carbocycles. The fourth-order valence-corrected chi connectivity index (χ4v) is 4.18. The molecule has 0 aromatic carbocycles. The van der Waals surface area contributed by atoms with Crippen LogP contribution in [0, 0.1) is 0 Å². The molecule has 0 N–H and O–H groups in total. The van der Waals surface area contributed by atoms with Gasteiger partial charge in [-0.3, -0.25) is 9.78 Å². The van der Waals surface area contributed by atoms with Crippen molar-refractivity contribution in [1.29, 1.82) is 0 Å². The summed E-state index contributed by atoms with van der Waals surface area (Å²) in [5.74, 6) is 1.04. The van der Waals surface area contributed by atoms with Gasteiger partial charge in [0.25, 0.3) is 5.91 Å². The van der Waals surface area contributed by atoms with E-state index in [4.69, 9.17) is 4.42 Å². The van der Waals surface area contributed by atoms with Gasteiger partial charge in [0.05, 0.1) is 18.0 Å². The molecule has 4 heterocycles. The van der Waals surface area contributed by atoms with E-state index in [-0.39, 0.29) is 11.4 Å². The maximum Gasteiger partial charge on any atom is 0.257 e. The van der Waals surface area contributed by atoms with Crippen LogP contribution in [0.4, 0.5) is 5.82 Å². The summed E-state index contributed by atoms with van der Waals surface area (Å²) in [4.78, 5) is 25.9. The van der Waals surface area contributed by atoms with Crippen LogP contribution in [0.1, 0.15) is 42.5 Å². The smallest absolute Gasteiger partial charge is 0.257 e. The molecule has 126 valence electrons. The minimum absolute atomic E-state index is 0.0225. The summed E-state index contributed by atoms with van der Waals surface area (Å²) in [6.45, 7) is 2.72. The van der Waals surface area contributed by atoms with E-state index in [1.165, 1.54) is 0 Å². The number of carbonyl (C=O) groups excluding carboxylic acids is 1. The molecule has 1 amide bonds. The molecular weight excluding hydrogens is 304 g/mol. The molecule has 2 saturated heterocycles. The van der Waals surface area contributed by atoms with Crippen molar-refractivity contribution in [1.82, 2.24) is 14.9 Å². The van der Waals surface area contributed by atoms with Crippen LogP contribution in [0.15, 0.2) is 41.6 Å². The van der Waals surface area contributed by atoms with E-state index in [0.29, 0.717) is 5.56 Å². The summed E-state index contributed by atoms with van der Waals surface area (Å²) in [5.41, 5.74) is 0.636. The number of carbonyl (C=O) groups is 1. The number of hydrogen-bond acceptors (Lipinski definition) is 5. The lowest BCUT2D eigenvalue weighted by Gasteiger charge is -2.38. The minimum Gasteiger partial charge on any atom is -0.472 e. The van der Waals surface area contributed by atoms with Crippen molar-refractivity contribution in [2.24, 2.45) is 0 Å². The Bertz CT molecular complexity index is 688. The van der Waals surface area contributed by atoms with Gasteiger partial charge < -0.3 is 14.2 Å². The summed E-state index contributed by atoms with van der Waals surface area (Å²) in [6, 6.07) is 1.76. The monoisotopic (exact) mass is 326 g/mol. The van der Waals surface area contributed by atoms with E-state index in [1.807, 2.05) is 6.20 Å². The number of amides is 1. The Morgan fingerprint density at radius 2 is 2.00 bits per heavy atom. The molecule has 24 heavy (non-hydrogen) atoms. The predicted molar refractivity (Wildman–Crippen MR) is 89.8 cm³/mol. The zero-order valence-electron chi connectivity index (χ0n) is 13.7. The normalized spacial score (nSPS) is 24.3. The topological polar surface area (TPSA) is 62.5 Å². The molecule has 2 aliphatic heterocycles. The zero-order valence-corrected chi connectivity index (χ0v) is 13.7. The first-order valence-corrected chi connectivity index (χ1v) is 8.64. The van der Waals surface area contributed by atoms with Crippen LogP contribution in [0.2, 0.25) is 0 Å². The van der Waals surface area contributed by atoms with Crippen LogP contribution in [-0.2, 0) is 0 Å². The van der Waals surface area contributed by atoms with E-state index in [1.54, 1.807) is 31.0 Å². The Labute approximate surface area is 141 Å². The highest BCUT2D eigenvalue weighted by Gasteiger charge is 2.44. The Morgan fingerprint density at radius 3 is 2.75 bits per heavy atom. The highest BCUT2D eigenvalue weighted by Crippen LogP contribution is 2.39. The van der Waals surface area contributed by atoms with Gasteiger partial charge in [0.15, 0.2) is 0 Å². The number of anilines is 1. The molecule has 2 aliphatic rings. The first kappa shape index (κ1) is 15.2. The molecule has 2 aromatic heterocycles. The average molecular weight is 326 g/mol. The van der Waals surface area contributed by atoms with Gasteiger partial charge in [-0.05, 0) is 38.2 Å². The largest absolute Gasteiger partial charge is 0.472 e. The number of hydrogen-bond donors (Lipinski definition) is 0. The van der Waals surface area contributed by atoms with E-state index >= 15 is 0 Å². The Morgan fingerprint density at radius 1 is 1.12 bits per heavy atom. The quantitative estimate of drug-likeness (QED) is 0.849. The van der Waals surface area contributed by atoms with Crippen LogP contribution >= 0.6 is 0 Å². The maximum atomic E-state index is 12.9. The number of nitrogens with zero attached hydrogens (tertiary/aromatic N) is 4. The average Bonchev–Trinajstić information content (AvgIpc) is 3.23. The van der Waals surface area contributed by atoms with Gasteiger partial charge in [0.1, 0.15) is 12.1 Å². The third-order valence-corrected chi connectivity index (χ3v) is 5.40. The molecule has 1 spiro atoms. The number of aromatic nitrogens is 2. The lowest BCUT2D eigenvalue weighted by Crippen LogP contribution is -2.47. The highest BCUT2D eigenvalue weighted by molar-refractivity contribution is 5.94. The van der Waals surface area contributed by atoms with E-state index in [0.717, 1.165) is 57.6 Å². The summed E-state index contributed by atoms with van der Waals surface area (Å²) in [5, 5.41) is 0. The van der Waals surface area contributed by atoms with Gasteiger partial charge in [-0.25, -0.2) is 4.98 Å². The van der Waals surface area contributed by atoms with Crippen molar-refractivity contribution in [3.05, 3.63) is 42.7 Å².